The predicted molar refractivity (Wildman–Crippen MR) is 122 cm³/mol. The number of benzene rings is 3. The first-order valence-electron chi connectivity index (χ1n) is 9.66. The smallest absolute Gasteiger partial charge is 0.166 e. The largest absolute Gasteiger partial charge is 0.497 e. The topological polar surface area (TPSA) is 69.2 Å². The summed E-state index contributed by atoms with van der Waals surface area (Å²) in [6.45, 7) is 0.436. The molecule has 0 heterocycles. The van der Waals surface area contributed by atoms with Crippen molar-refractivity contribution in [3.8, 4) is 23.0 Å². The second-order valence-corrected chi connectivity index (χ2v) is 7.13. The highest BCUT2D eigenvalue weighted by molar-refractivity contribution is 6.33. The molecule has 0 radical (unpaired) electrons. The van der Waals surface area contributed by atoms with Crippen molar-refractivity contribution in [3.63, 3.8) is 0 Å². The molecule has 7 heteroatoms. The van der Waals surface area contributed by atoms with Gasteiger partial charge in [-0.1, -0.05) is 35.9 Å². The van der Waals surface area contributed by atoms with E-state index >= 15 is 0 Å². The number of ether oxygens (including phenoxy) is 4. The van der Waals surface area contributed by atoms with E-state index in [1.54, 1.807) is 58.8 Å². The van der Waals surface area contributed by atoms with Crippen LogP contribution >= 0.6 is 11.6 Å². The van der Waals surface area contributed by atoms with E-state index in [2.05, 4.69) is 5.32 Å². The van der Waals surface area contributed by atoms with Crippen molar-refractivity contribution < 1.29 is 24.1 Å². The van der Waals surface area contributed by atoms with E-state index in [9.17, 15) is 5.11 Å². The quantitative estimate of drug-likeness (QED) is 0.481. The van der Waals surface area contributed by atoms with E-state index in [1.807, 2.05) is 24.3 Å². The van der Waals surface area contributed by atoms with Crippen LogP contribution in [0.25, 0.3) is 0 Å². The molecule has 31 heavy (non-hydrogen) atoms. The summed E-state index contributed by atoms with van der Waals surface area (Å²) < 4.78 is 21.6. The minimum absolute atomic E-state index is 0.436. The highest BCUT2D eigenvalue weighted by Gasteiger charge is 2.22. The molecule has 0 aliphatic rings. The second-order valence-electron chi connectivity index (χ2n) is 6.72. The van der Waals surface area contributed by atoms with Crippen molar-refractivity contribution in [3.05, 3.63) is 76.3 Å². The van der Waals surface area contributed by atoms with Gasteiger partial charge >= 0.3 is 0 Å². The van der Waals surface area contributed by atoms with Crippen LogP contribution in [0.5, 0.6) is 23.0 Å². The number of aliphatic hydroxyl groups excluding tert-OH is 1. The minimum atomic E-state index is -0.982. The van der Waals surface area contributed by atoms with Gasteiger partial charge < -0.3 is 29.4 Å². The van der Waals surface area contributed by atoms with Crippen molar-refractivity contribution in [1.29, 1.82) is 0 Å². The lowest BCUT2D eigenvalue weighted by Gasteiger charge is -2.21. The Bertz CT molecular complexity index is 1040. The Labute approximate surface area is 187 Å². The number of para-hydroxylation sites is 2. The molecule has 1 atom stereocenters. The molecule has 6 nitrogen and oxygen atoms in total. The molecule has 0 saturated heterocycles. The zero-order chi connectivity index (χ0) is 22.4. The standard InChI is InChI=1S/C24H26ClNO5/c1-28-16-12-11-15(21(13-16)30-3)14-26-22-17(7-5-9-19(22)25)23(27)18-8-6-10-20(29-2)24(18)31-4/h5-13,23,26-27H,14H2,1-4H3. The first-order valence-corrected chi connectivity index (χ1v) is 10.0. The minimum Gasteiger partial charge on any atom is -0.497 e. The van der Waals surface area contributed by atoms with Crippen LogP contribution in [-0.4, -0.2) is 33.5 Å². The Hall–Kier alpha value is -3.09. The van der Waals surface area contributed by atoms with E-state index in [1.165, 1.54) is 0 Å². The van der Waals surface area contributed by atoms with E-state index in [0.29, 0.717) is 51.4 Å². The van der Waals surface area contributed by atoms with Crippen LogP contribution in [-0.2, 0) is 6.54 Å². The maximum atomic E-state index is 11.2. The van der Waals surface area contributed by atoms with Gasteiger partial charge in [0.25, 0.3) is 0 Å². The number of methoxy groups -OCH3 is 4. The molecule has 3 aromatic rings. The van der Waals surface area contributed by atoms with Gasteiger partial charge in [0.05, 0.1) is 39.1 Å². The summed E-state index contributed by atoms with van der Waals surface area (Å²) in [5.41, 5.74) is 2.74. The SMILES string of the molecule is COc1ccc(CNc2c(Cl)cccc2C(O)c2cccc(OC)c2OC)c(OC)c1. The molecule has 0 aliphatic carbocycles. The lowest BCUT2D eigenvalue weighted by molar-refractivity contribution is 0.213. The summed E-state index contributed by atoms with van der Waals surface area (Å²) in [6, 6.07) is 16.4. The van der Waals surface area contributed by atoms with Gasteiger partial charge in [-0.05, 0) is 24.3 Å². The Kier molecular flexibility index (Phi) is 7.50. The maximum Gasteiger partial charge on any atom is 0.166 e. The Morgan fingerprint density at radius 3 is 2.23 bits per heavy atom. The summed E-state index contributed by atoms with van der Waals surface area (Å²) in [5, 5.41) is 15.1. The molecular formula is C24H26ClNO5. The fraction of sp³-hybridized carbons (Fsp3) is 0.250. The third-order valence-corrected chi connectivity index (χ3v) is 5.33. The molecule has 0 fully saturated rings. The Balaban J connectivity index is 1.95. The highest BCUT2D eigenvalue weighted by atomic mass is 35.5. The number of rotatable bonds is 9. The Morgan fingerprint density at radius 2 is 1.55 bits per heavy atom. The van der Waals surface area contributed by atoms with Crippen molar-refractivity contribution in [2.75, 3.05) is 33.8 Å². The van der Waals surface area contributed by atoms with Crippen LogP contribution in [0.3, 0.4) is 0 Å². The van der Waals surface area contributed by atoms with Crippen LogP contribution in [0.15, 0.2) is 54.6 Å². The van der Waals surface area contributed by atoms with Gasteiger partial charge in [0, 0.05) is 29.3 Å². The summed E-state index contributed by atoms with van der Waals surface area (Å²) >= 11 is 6.50. The molecule has 164 valence electrons. The van der Waals surface area contributed by atoms with Gasteiger partial charge in [0.2, 0.25) is 0 Å². The third-order valence-electron chi connectivity index (χ3n) is 5.02. The molecule has 2 N–H and O–H groups in total. The van der Waals surface area contributed by atoms with E-state index < -0.39 is 6.10 Å². The van der Waals surface area contributed by atoms with Crippen LogP contribution in [0.2, 0.25) is 5.02 Å². The zero-order valence-electron chi connectivity index (χ0n) is 17.9. The van der Waals surface area contributed by atoms with Crippen molar-refractivity contribution in [2.24, 2.45) is 0 Å². The molecule has 0 aromatic heterocycles. The molecule has 1 unspecified atom stereocenters. The van der Waals surface area contributed by atoms with Gasteiger partial charge in [-0.3, -0.25) is 0 Å². The highest BCUT2D eigenvalue weighted by Crippen LogP contribution is 2.41. The van der Waals surface area contributed by atoms with Crippen LogP contribution in [0.1, 0.15) is 22.8 Å². The van der Waals surface area contributed by atoms with Crippen LogP contribution < -0.4 is 24.3 Å². The van der Waals surface area contributed by atoms with Gasteiger partial charge in [0.15, 0.2) is 11.5 Å². The number of hydrogen-bond acceptors (Lipinski definition) is 6. The molecule has 0 amide bonds. The van der Waals surface area contributed by atoms with E-state index in [0.717, 1.165) is 5.56 Å². The molecule has 0 aliphatic heterocycles. The average molecular weight is 444 g/mol. The molecule has 0 bridgehead atoms. The molecule has 3 rings (SSSR count). The predicted octanol–water partition coefficient (Wildman–Crippen LogP) is 5.07. The first kappa shape index (κ1) is 22.6. The van der Waals surface area contributed by atoms with Crippen molar-refractivity contribution in [1.82, 2.24) is 0 Å². The summed E-state index contributed by atoms with van der Waals surface area (Å²) in [7, 11) is 6.32. The molecule has 3 aromatic carbocycles. The second kappa shape index (κ2) is 10.3. The van der Waals surface area contributed by atoms with Crippen molar-refractivity contribution in [2.45, 2.75) is 12.6 Å². The lowest BCUT2D eigenvalue weighted by atomic mass is 9.98. The summed E-state index contributed by atoms with van der Waals surface area (Å²) in [6.07, 6.45) is -0.982. The van der Waals surface area contributed by atoms with Gasteiger partial charge in [-0.15, -0.1) is 0 Å². The Morgan fingerprint density at radius 1 is 0.839 bits per heavy atom. The number of aliphatic hydroxyl groups is 1. The lowest BCUT2D eigenvalue weighted by Crippen LogP contribution is -2.09. The fourth-order valence-corrected chi connectivity index (χ4v) is 3.68. The van der Waals surface area contributed by atoms with E-state index in [-0.39, 0.29) is 0 Å². The number of nitrogens with one attached hydrogen (secondary N) is 1. The first-order chi connectivity index (χ1) is 15.0. The monoisotopic (exact) mass is 443 g/mol. The average Bonchev–Trinajstić information content (AvgIpc) is 2.81. The van der Waals surface area contributed by atoms with Crippen LogP contribution in [0, 0.1) is 0 Å². The van der Waals surface area contributed by atoms with Crippen molar-refractivity contribution >= 4 is 17.3 Å². The van der Waals surface area contributed by atoms with Gasteiger partial charge in [-0.2, -0.15) is 0 Å². The molecule has 0 spiro atoms. The maximum absolute atomic E-state index is 11.2. The molecule has 0 saturated carbocycles. The third kappa shape index (κ3) is 4.81. The number of halogens is 1. The summed E-state index contributed by atoms with van der Waals surface area (Å²) in [5.74, 6) is 2.41. The zero-order valence-corrected chi connectivity index (χ0v) is 18.7. The fourth-order valence-electron chi connectivity index (χ4n) is 3.43. The normalized spacial score (nSPS) is 11.5. The molecular weight excluding hydrogens is 418 g/mol. The van der Waals surface area contributed by atoms with E-state index in [4.69, 9.17) is 30.5 Å². The summed E-state index contributed by atoms with van der Waals surface area (Å²) in [4.78, 5) is 0. The van der Waals surface area contributed by atoms with Gasteiger partial charge in [0.1, 0.15) is 17.6 Å². The number of anilines is 1. The van der Waals surface area contributed by atoms with Gasteiger partial charge in [-0.25, -0.2) is 0 Å². The number of hydrogen-bond donors (Lipinski definition) is 2. The van der Waals surface area contributed by atoms with Crippen LogP contribution in [0.4, 0.5) is 5.69 Å².